The number of hydrogen-bond donors (Lipinski definition) is 3. The summed E-state index contributed by atoms with van der Waals surface area (Å²) in [5.74, 6) is 0.457. The lowest BCUT2D eigenvalue weighted by Gasteiger charge is -2.16. The van der Waals surface area contributed by atoms with Crippen LogP contribution in [0.2, 0.25) is 10.0 Å². The topological polar surface area (TPSA) is 114 Å². The van der Waals surface area contributed by atoms with Gasteiger partial charge in [-0.1, -0.05) is 53.2 Å². The maximum absolute atomic E-state index is 13.2. The van der Waals surface area contributed by atoms with E-state index in [9.17, 15) is 14.4 Å². The van der Waals surface area contributed by atoms with Crippen LogP contribution in [0, 0.1) is 0 Å². The Morgan fingerprint density at radius 1 is 0.976 bits per heavy atom. The fourth-order valence-electron chi connectivity index (χ4n) is 4.39. The van der Waals surface area contributed by atoms with Crippen LogP contribution >= 0.6 is 47.2 Å². The molecule has 42 heavy (non-hydrogen) atoms. The van der Waals surface area contributed by atoms with Crippen molar-refractivity contribution in [3.8, 4) is 11.5 Å². The summed E-state index contributed by atoms with van der Waals surface area (Å²) in [4.78, 5) is 39.0. The minimum Gasteiger partial charge on any atom is -0.454 e. The van der Waals surface area contributed by atoms with Crippen LogP contribution in [0.4, 0.5) is 16.2 Å². The Labute approximate surface area is 258 Å². The molecule has 212 valence electrons. The molecular weight excluding hydrogens is 621 g/mol. The zero-order valence-corrected chi connectivity index (χ0v) is 24.5. The second-order valence-electron chi connectivity index (χ2n) is 9.06. The number of halogens is 2. The molecule has 0 unspecified atom stereocenters. The predicted molar refractivity (Wildman–Crippen MR) is 167 cm³/mol. The summed E-state index contributed by atoms with van der Waals surface area (Å²) < 4.78 is 12.7. The highest BCUT2D eigenvalue weighted by molar-refractivity contribution is 8.26. The highest BCUT2D eigenvalue weighted by Crippen LogP contribution is 2.35. The Morgan fingerprint density at radius 2 is 1.74 bits per heavy atom. The molecule has 0 bridgehead atoms. The Balaban J connectivity index is 1.17. The van der Waals surface area contributed by atoms with Crippen molar-refractivity contribution in [3.63, 3.8) is 0 Å². The maximum atomic E-state index is 13.2. The number of thioether (sulfide) groups is 1. The highest BCUT2D eigenvalue weighted by atomic mass is 35.5. The molecule has 4 aromatic rings. The van der Waals surface area contributed by atoms with E-state index in [4.69, 9.17) is 44.9 Å². The van der Waals surface area contributed by atoms with E-state index in [1.807, 2.05) is 24.3 Å². The monoisotopic (exact) mass is 639 g/mol. The molecule has 14 heteroatoms. The third-order valence-corrected chi connectivity index (χ3v) is 8.30. The van der Waals surface area contributed by atoms with Crippen molar-refractivity contribution < 1.29 is 23.9 Å². The molecule has 6 rings (SSSR count). The first-order chi connectivity index (χ1) is 20.2. The molecule has 10 nitrogen and oxygen atoms in total. The van der Waals surface area contributed by atoms with E-state index in [1.54, 1.807) is 47.2 Å². The number of carbonyl (C=O) groups excluding carboxylic acids is 3. The molecule has 0 atom stereocenters. The third-order valence-electron chi connectivity index (χ3n) is 6.26. The number of carbonyl (C=O) groups is 3. The van der Waals surface area contributed by atoms with Gasteiger partial charge in [0.2, 0.25) is 12.7 Å². The van der Waals surface area contributed by atoms with E-state index >= 15 is 0 Å². The summed E-state index contributed by atoms with van der Waals surface area (Å²) in [7, 11) is 0. The molecule has 1 saturated heterocycles. The molecule has 0 aliphatic carbocycles. The van der Waals surface area contributed by atoms with Crippen molar-refractivity contribution in [2.75, 3.05) is 17.4 Å². The summed E-state index contributed by atoms with van der Waals surface area (Å²) in [5.41, 5.74) is 4.95. The van der Waals surface area contributed by atoms with Crippen LogP contribution < -0.4 is 25.5 Å². The molecular formula is C28H19Cl2N5O5S2. The van der Waals surface area contributed by atoms with E-state index in [1.165, 1.54) is 6.07 Å². The lowest BCUT2D eigenvalue weighted by molar-refractivity contribution is -0.123. The number of hydrogen-bond acceptors (Lipinski definition) is 7. The van der Waals surface area contributed by atoms with Gasteiger partial charge in [0.15, 0.2) is 15.8 Å². The number of rotatable bonds is 6. The Bertz CT molecular complexity index is 1830. The minimum atomic E-state index is -0.684. The Hall–Kier alpha value is -4.23. The summed E-state index contributed by atoms with van der Waals surface area (Å²) >= 11 is 18.3. The lowest BCUT2D eigenvalue weighted by atomic mass is 10.1. The molecule has 3 N–H and O–H groups in total. The number of hydrazine groups is 1. The molecule has 0 radical (unpaired) electrons. The Kier molecular flexibility index (Phi) is 7.69. The number of nitrogens with zero attached hydrogens (tertiary/aromatic N) is 2. The molecule has 0 spiro atoms. The zero-order valence-electron chi connectivity index (χ0n) is 21.4. The number of amides is 4. The summed E-state index contributed by atoms with van der Waals surface area (Å²) in [6, 6.07) is 16.6. The van der Waals surface area contributed by atoms with Crippen LogP contribution in [-0.4, -0.2) is 38.5 Å². The van der Waals surface area contributed by atoms with Gasteiger partial charge in [-0.15, -0.1) is 0 Å². The standard InChI is InChI=1S/C28H19Cl2N5O5S2/c29-19-7-5-16(10-20(19)30)32-27(38)33-35-26(37)24(42-28(35)41)9-15-12-34(21-4-2-1-3-18(15)21)13-25(36)31-17-6-8-22-23(11-17)40-14-39-22/h1-12H,13-14H2,(H,31,36)(H2,32,33,38)/b24-9-. The van der Waals surface area contributed by atoms with Gasteiger partial charge in [-0.3, -0.25) is 9.59 Å². The number of benzene rings is 3. The second-order valence-corrected chi connectivity index (χ2v) is 11.5. The van der Waals surface area contributed by atoms with E-state index in [0.717, 1.165) is 27.7 Å². The number of aromatic nitrogens is 1. The number of urea groups is 1. The number of para-hydroxylation sites is 1. The van der Waals surface area contributed by atoms with Gasteiger partial charge in [-0.05, 0) is 54.7 Å². The number of nitrogens with one attached hydrogen (secondary N) is 3. The van der Waals surface area contributed by atoms with Crippen LogP contribution in [0.15, 0.2) is 71.8 Å². The fraction of sp³-hybridized carbons (Fsp3) is 0.0714. The maximum Gasteiger partial charge on any atom is 0.338 e. The smallest absolute Gasteiger partial charge is 0.338 e. The van der Waals surface area contributed by atoms with Crippen LogP contribution in [0.1, 0.15) is 5.56 Å². The highest BCUT2D eigenvalue weighted by Gasteiger charge is 2.34. The quantitative estimate of drug-likeness (QED) is 0.169. The molecule has 1 fully saturated rings. The first kappa shape index (κ1) is 27.9. The zero-order chi connectivity index (χ0) is 29.4. The number of fused-ring (bicyclic) bond motifs is 2. The average molecular weight is 641 g/mol. The number of thiocarbonyl (C=S) groups is 1. The fourth-order valence-corrected chi connectivity index (χ4v) is 5.86. The third kappa shape index (κ3) is 5.74. The molecule has 3 aromatic carbocycles. The average Bonchev–Trinajstić information content (AvgIpc) is 3.64. The SMILES string of the molecule is O=C(Cn1cc(/C=C2\SC(=S)N(NC(=O)Nc3ccc(Cl)c(Cl)c3)C2=O)c2ccccc21)Nc1ccc2c(c1)OCO2. The van der Waals surface area contributed by atoms with Crippen molar-refractivity contribution in [1.29, 1.82) is 0 Å². The van der Waals surface area contributed by atoms with Crippen molar-refractivity contribution in [1.82, 2.24) is 15.0 Å². The van der Waals surface area contributed by atoms with E-state index in [-0.39, 0.29) is 28.6 Å². The molecule has 2 aliphatic heterocycles. The molecule has 0 saturated carbocycles. The van der Waals surface area contributed by atoms with Crippen molar-refractivity contribution >= 4 is 97.7 Å². The van der Waals surface area contributed by atoms with E-state index in [2.05, 4.69) is 16.1 Å². The lowest BCUT2D eigenvalue weighted by Crippen LogP contribution is -2.46. The minimum absolute atomic E-state index is 0.0280. The largest absolute Gasteiger partial charge is 0.454 e. The second kappa shape index (κ2) is 11.6. The molecule has 1 aromatic heterocycles. The molecule has 4 amide bonds. The van der Waals surface area contributed by atoms with Gasteiger partial charge in [0.25, 0.3) is 5.91 Å². The van der Waals surface area contributed by atoms with Gasteiger partial charge in [-0.25, -0.2) is 10.2 Å². The first-order valence-electron chi connectivity index (χ1n) is 12.3. The van der Waals surface area contributed by atoms with Gasteiger partial charge < -0.3 is 24.7 Å². The number of ether oxygens (including phenoxy) is 2. The molecule has 3 heterocycles. The summed E-state index contributed by atoms with van der Waals surface area (Å²) in [5, 5.41) is 7.91. The normalized spacial score (nSPS) is 15.0. The van der Waals surface area contributed by atoms with Crippen LogP contribution in [0.25, 0.3) is 17.0 Å². The van der Waals surface area contributed by atoms with E-state index in [0.29, 0.717) is 38.4 Å². The first-order valence-corrected chi connectivity index (χ1v) is 14.3. The molecule has 2 aliphatic rings. The summed E-state index contributed by atoms with van der Waals surface area (Å²) in [6.45, 7) is 0.172. The van der Waals surface area contributed by atoms with Crippen LogP contribution in [0.3, 0.4) is 0 Å². The van der Waals surface area contributed by atoms with Gasteiger partial charge in [-0.2, -0.15) is 5.01 Å². The Morgan fingerprint density at radius 3 is 2.57 bits per heavy atom. The number of anilines is 2. The van der Waals surface area contributed by atoms with E-state index < -0.39 is 11.9 Å². The van der Waals surface area contributed by atoms with Gasteiger partial charge in [0.1, 0.15) is 6.54 Å². The van der Waals surface area contributed by atoms with Gasteiger partial charge in [0.05, 0.1) is 15.0 Å². The predicted octanol–water partition coefficient (Wildman–Crippen LogP) is 6.25. The van der Waals surface area contributed by atoms with Crippen molar-refractivity contribution in [2.24, 2.45) is 0 Å². The van der Waals surface area contributed by atoms with Crippen molar-refractivity contribution in [3.05, 3.63) is 87.4 Å². The summed E-state index contributed by atoms with van der Waals surface area (Å²) in [6.07, 6.45) is 3.48. The van der Waals surface area contributed by atoms with Crippen LogP contribution in [-0.2, 0) is 16.1 Å². The van der Waals surface area contributed by atoms with Crippen molar-refractivity contribution in [2.45, 2.75) is 6.54 Å². The van der Waals surface area contributed by atoms with Gasteiger partial charge in [0, 0.05) is 40.1 Å². The van der Waals surface area contributed by atoms with Crippen LogP contribution in [0.5, 0.6) is 11.5 Å². The van der Waals surface area contributed by atoms with Gasteiger partial charge >= 0.3 is 6.03 Å².